The third-order valence-electron chi connectivity index (χ3n) is 5.14. The number of methoxy groups -OCH3 is 1. The number of ether oxygens (including phenoxy) is 2. The molecule has 2 aromatic rings. The standard InChI is InChI=1S/C20H26O9/c1-8-4-12(27-3)15(20-18(26)17(25)16(24)13(7-21)29-20)19-14(8)11(23)6-10(28-19)5-9(2)22/h4,6,9,13,16-18,20-22,24-26H,5,7H2,1-3H3. The molecule has 2 heterocycles. The van der Waals surface area contributed by atoms with Gasteiger partial charge in [0.1, 0.15) is 47.6 Å². The second kappa shape index (κ2) is 8.39. The van der Waals surface area contributed by atoms with Gasteiger partial charge >= 0.3 is 0 Å². The van der Waals surface area contributed by atoms with Gasteiger partial charge in [-0.2, -0.15) is 0 Å². The molecule has 1 saturated heterocycles. The minimum Gasteiger partial charge on any atom is -0.496 e. The van der Waals surface area contributed by atoms with Crippen LogP contribution in [0.2, 0.25) is 0 Å². The average molecular weight is 410 g/mol. The number of hydrogen-bond acceptors (Lipinski definition) is 9. The topological polar surface area (TPSA) is 150 Å². The molecule has 29 heavy (non-hydrogen) atoms. The normalized spacial score (nSPS) is 28.5. The molecule has 0 bridgehead atoms. The van der Waals surface area contributed by atoms with Gasteiger partial charge in [0.25, 0.3) is 0 Å². The monoisotopic (exact) mass is 410 g/mol. The van der Waals surface area contributed by atoms with E-state index in [0.29, 0.717) is 5.56 Å². The minimum atomic E-state index is -1.60. The van der Waals surface area contributed by atoms with Crippen LogP contribution in [0.5, 0.6) is 5.75 Å². The Labute approximate surface area is 166 Å². The fourth-order valence-corrected chi connectivity index (χ4v) is 3.73. The first-order valence-corrected chi connectivity index (χ1v) is 9.32. The molecule has 160 valence electrons. The van der Waals surface area contributed by atoms with Gasteiger partial charge in [0.05, 0.1) is 30.8 Å². The van der Waals surface area contributed by atoms with Crippen LogP contribution in [0.4, 0.5) is 0 Å². The molecule has 6 unspecified atom stereocenters. The van der Waals surface area contributed by atoms with E-state index in [9.17, 15) is 30.3 Å². The quantitative estimate of drug-likeness (QED) is 0.441. The maximum atomic E-state index is 12.7. The van der Waals surface area contributed by atoms with Gasteiger partial charge < -0.3 is 39.4 Å². The lowest BCUT2D eigenvalue weighted by atomic mass is 9.89. The van der Waals surface area contributed by atoms with Crippen LogP contribution < -0.4 is 10.2 Å². The summed E-state index contributed by atoms with van der Waals surface area (Å²) in [6.07, 6.45) is -7.72. The lowest BCUT2D eigenvalue weighted by Gasteiger charge is -2.40. The second-order valence-electron chi connectivity index (χ2n) is 7.39. The van der Waals surface area contributed by atoms with Gasteiger partial charge in [-0.15, -0.1) is 0 Å². The zero-order valence-electron chi connectivity index (χ0n) is 16.4. The maximum absolute atomic E-state index is 12.7. The summed E-state index contributed by atoms with van der Waals surface area (Å²) in [5.41, 5.74) is 0.499. The molecule has 0 amide bonds. The Morgan fingerprint density at radius 2 is 1.86 bits per heavy atom. The molecule has 1 aliphatic rings. The summed E-state index contributed by atoms with van der Waals surface area (Å²) in [6, 6.07) is 2.88. The minimum absolute atomic E-state index is 0.0920. The Balaban J connectivity index is 2.28. The molecule has 0 saturated carbocycles. The fourth-order valence-electron chi connectivity index (χ4n) is 3.73. The third-order valence-corrected chi connectivity index (χ3v) is 5.14. The van der Waals surface area contributed by atoms with Crippen molar-refractivity contribution in [3.05, 3.63) is 39.2 Å². The Morgan fingerprint density at radius 1 is 1.17 bits per heavy atom. The fraction of sp³-hybridized carbons (Fsp3) is 0.550. The summed E-state index contributed by atoms with van der Waals surface area (Å²) in [5, 5.41) is 50.2. The highest BCUT2D eigenvalue weighted by atomic mass is 16.5. The van der Waals surface area contributed by atoms with E-state index < -0.39 is 43.2 Å². The van der Waals surface area contributed by atoms with Crippen molar-refractivity contribution in [1.82, 2.24) is 0 Å². The van der Waals surface area contributed by atoms with Crippen molar-refractivity contribution in [3.8, 4) is 5.75 Å². The van der Waals surface area contributed by atoms with Crippen LogP contribution in [0, 0.1) is 6.92 Å². The van der Waals surface area contributed by atoms with E-state index in [1.165, 1.54) is 13.2 Å². The molecule has 1 aromatic carbocycles. The number of aliphatic hydroxyl groups excluding tert-OH is 5. The molecule has 9 heteroatoms. The summed E-state index contributed by atoms with van der Waals surface area (Å²) in [6.45, 7) is 2.66. The number of fused-ring (bicyclic) bond motifs is 1. The molecular formula is C20H26O9. The van der Waals surface area contributed by atoms with Gasteiger partial charge in [0.2, 0.25) is 0 Å². The molecule has 3 rings (SSSR count). The Bertz CT molecular complexity index is 934. The van der Waals surface area contributed by atoms with E-state index in [1.54, 1.807) is 19.9 Å². The van der Waals surface area contributed by atoms with Gasteiger partial charge in [0.15, 0.2) is 5.43 Å². The van der Waals surface area contributed by atoms with Crippen LogP contribution in [-0.2, 0) is 11.2 Å². The Hall–Kier alpha value is -2.01. The van der Waals surface area contributed by atoms with Gasteiger partial charge in [-0.25, -0.2) is 0 Å². The van der Waals surface area contributed by atoms with Gasteiger partial charge in [-0.1, -0.05) is 0 Å². The Morgan fingerprint density at radius 3 is 2.45 bits per heavy atom. The van der Waals surface area contributed by atoms with Crippen molar-refractivity contribution < 1.29 is 39.4 Å². The summed E-state index contributed by atoms with van der Waals surface area (Å²) >= 11 is 0. The largest absolute Gasteiger partial charge is 0.496 e. The van der Waals surface area contributed by atoms with E-state index in [1.807, 2.05) is 0 Å². The summed E-state index contributed by atoms with van der Waals surface area (Å²) in [5.74, 6) is 0.479. The molecule has 0 aliphatic carbocycles. The van der Waals surface area contributed by atoms with Gasteiger partial charge in [-0.3, -0.25) is 4.79 Å². The van der Waals surface area contributed by atoms with Crippen molar-refractivity contribution >= 4 is 11.0 Å². The van der Waals surface area contributed by atoms with Crippen LogP contribution >= 0.6 is 0 Å². The number of aryl methyl sites for hydroxylation is 1. The van der Waals surface area contributed by atoms with Gasteiger partial charge in [0, 0.05) is 12.5 Å². The van der Waals surface area contributed by atoms with Gasteiger partial charge in [-0.05, 0) is 25.5 Å². The lowest BCUT2D eigenvalue weighted by Crippen LogP contribution is -2.55. The highest BCUT2D eigenvalue weighted by molar-refractivity contribution is 5.86. The first kappa shape index (κ1) is 21.7. The first-order chi connectivity index (χ1) is 13.7. The Kier molecular flexibility index (Phi) is 6.27. The zero-order chi connectivity index (χ0) is 21.5. The number of hydrogen-bond donors (Lipinski definition) is 5. The molecule has 9 nitrogen and oxygen atoms in total. The summed E-state index contributed by atoms with van der Waals surface area (Å²) in [7, 11) is 1.39. The van der Waals surface area contributed by atoms with Crippen LogP contribution in [0.25, 0.3) is 11.0 Å². The van der Waals surface area contributed by atoms with Crippen LogP contribution in [0.3, 0.4) is 0 Å². The molecule has 0 spiro atoms. The van der Waals surface area contributed by atoms with E-state index >= 15 is 0 Å². The molecule has 1 fully saturated rings. The molecule has 0 radical (unpaired) electrons. The molecular weight excluding hydrogens is 384 g/mol. The van der Waals surface area contributed by atoms with Crippen LogP contribution in [0.15, 0.2) is 21.3 Å². The summed E-state index contributed by atoms with van der Waals surface area (Å²) < 4.78 is 17.0. The van der Waals surface area contributed by atoms with E-state index in [2.05, 4.69) is 0 Å². The highest BCUT2D eigenvalue weighted by Gasteiger charge is 2.46. The van der Waals surface area contributed by atoms with Crippen molar-refractivity contribution in [3.63, 3.8) is 0 Å². The van der Waals surface area contributed by atoms with Crippen molar-refractivity contribution in [2.45, 2.75) is 56.9 Å². The second-order valence-corrected chi connectivity index (χ2v) is 7.39. The first-order valence-electron chi connectivity index (χ1n) is 9.32. The van der Waals surface area contributed by atoms with Crippen molar-refractivity contribution in [2.75, 3.05) is 13.7 Å². The predicted molar refractivity (Wildman–Crippen MR) is 102 cm³/mol. The smallest absolute Gasteiger partial charge is 0.193 e. The van der Waals surface area contributed by atoms with E-state index in [0.717, 1.165) is 0 Å². The number of rotatable bonds is 5. The van der Waals surface area contributed by atoms with E-state index in [4.69, 9.17) is 13.9 Å². The molecule has 5 N–H and O–H groups in total. The number of aliphatic hydroxyl groups is 5. The SMILES string of the molecule is COc1cc(C)c2c(=O)cc(CC(C)O)oc2c1C1OC(CO)C(O)C(O)C1O. The third kappa shape index (κ3) is 3.89. The van der Waals surface area contributed by atoms with Crippen molar-refractivity contribution in [1.29, 1.82) is 0 Å². The zero-order valence-corrected chi connectivity index (χ0v) is 16.4. The predicted octanol–water partition coefficient (Wildman–Crippen LogP) is -0.452. The lowest BCUT2D eigenvalue weighted by molar-refractivity contribution is -0.231. The number of benzene rings is 1. The maximum Gasteiger partial charge on any atom is 0.193 e. The van der Waals surface area contributed by atoms with E-state index in [-0.39, 0.29) is 39.9 Å². The molecule has 1 aromatic heterocycles. The van der Waals surface area contributed by atoms with Crippen molar-refractivity contribution in [2.24, 2.45) is 0 Å². The molecule has 6 atom stereocenters. The van der Waals surface area contributed by atoms with Crippen LogP contribution in [-0.4, -0.2) is 69.8 Å². The molecule has 1 aliphatic heterocycles. The average Bonchev–Trinajstić information content (AvgIpc) is 2.66. The highest BCUT2D eigenvalue weighted by Crippen LogP contribution is 2.41. The van der Waals surface area contributed by atoms with Crippen LogP contribution in [0.1, 0.15) is 29.9 Å². The summed E-state index contributed by atoms with van der Waals surface area (Å²) in [4.78, 5) is 12.7.